The maximum atomic E-state index is 13.1. The van der Waals surface area contributed by atoms with Gasteiger partial charge in [-0.05, 0) is 6.07 Å². The van der Waals surface area contributed by atoms with Gasteiger partial charge in [-0.3, -0.25) is 0 Å². The Labute approximate surface area is 107 Å². The van der Waals surface area contributed by atoms with E-state index in [4.69, 9.17) is 48.6 Å². The molecule has 0 N–H and O–H groups in total. The summed E-state index contributed by atoms with van der Waals surface area (Å²) in [5.41, 5.74) is 0. The molecule has 0 fully saturated rings. The van der Waals surface area contributed by atoms with Crippen LogP contribution in [0.5, 0.6) is 5.88 Å². The Morgan fingerprint density at radius 2 is 1.88 bits per heavy atom. The van der Waals surface area contributed by atoms with Gasteiger partial charge in [0.25, 0.3) is 0 Å². The molecule has 1 aromatic rings. The lowest BCUT2D eigenvalue weighted by Crippen LogP contribution is -2.00. The van der Waals surface area contributed by atoms with Crippen LogP contribution >= 0.6 is 29.9 Å². The fourth-order valence-electron chi connectivity index (χ4n) is 0.747. The van der Waals surface area contributed by atoms with Crippen LogP contribution < -0.4 is 4.52 Å². The molecule has 0 bridgehead atoms. The van der Waals surface area contributed by atoms with Crippen LogP contribution in [-0.2, 0) is 20.9 Å². The first-order chi connectivity index (χ1) is 7.41. The third-order valence-corrected chi connectivity index (χ3v) is 4.44. The van der Waals surface area contributed by atoms with Crippen molar-refractivity contribution in [2.45, 2.75) is 0 Å². The zero-order valence-electron chi connectivity index (χ0n) is 8.24. The molecule has 0 aliphatic rings. The standard InChI is InChI=1S/C7H7Cl2FNO3PS/c1-12-15(16,13-2)14-7-5(9)3-4(8)6(10)11-7/h3H,1-2H3. The third-order valence-electron chi connectivity index (χ3n) is 1.50. The van der Waals surface area contributed by atoms with E-state index in [1.54, 1.807) is 0 Å². The number of halogens is 3. The second-order valence-electron chi connectivity index (χ2n) is 2.45. The number of pyridine rings is 1. The van der Waals surface area contributed by atoms with Gasteiger partial charge in [0.2, 0.25) is 11.8 Å². The molecule has 0 radical (unpaired) electrons. The van der Waals surface area contributed by atoms with Gasteiger partial charge in [0.05, 0.1) is 5.02 Å². The first-order valence-electron chi connectivity index (χ1n) is 3.84. The second-order valence-corrected chi connectivity index (χ2v) is 6.41. The van der Waals surface area contributed by atoms with Gasteiger partial charge < -0.3 is 13.6 Å². The van der Waals surface area contributed by atoms with Crippen molar-refractivity contribution in [2.75, 3.05) is 14.2 Å². The van der Waals surface area contributed by atoms with E-state index in [0.29, 0.717) is 0 Å². The Morgan fingerprint density at radius 3 is 2.38 bits per heavy atom. The van der Waals surface area contributed by atoms with Crippen molar-refractivity contribution < 1.29 is 18.0 Å². The van der Waals surface area contributed by atoms with E-state index in [1.165, 1.54) is 14.2 Å². The predicted octanol–water partition coefficient (Wildman–Crippen LogP) is 3.42. The smallest absolute Gasteiger partial charge is 0.381 e. The van der Waals surface area contributed by atoms with Gasteiger partial charge in [0.1, 0.15) is 5.02 Å². The molecule has 1 heterocycles. The summed E-state index contributed by atoms with van der Waals surface area (Å²) in [6, 6.07) is 1.16. The van der Waals surface area contributed by atoms with Crippen LogP contribution in [0, 0.1) is 5.95 Å². The average molecular weight is 306 g/mol. The predicted molar refractivity (Wildman–Crippen MR) is 63.1 cm³/mol. The molecule has 0 spiro atoms. The van der Waals surface area contributed by atoms with Crippen LogP contribution in [0.1, 0.15) is 0 Å². The monoisotopic (exact) mass is 305 g/mol. The van der Waals surface area contributed by atoms with Crippen molar-refractivity contribution >= 4 is 41.7 Å². The molecule has 90 valence electrons. The van der Waals surface area contributed by atoms with Gasteiger partial charge in [-0.1, -0.05) is 23.2 Å². The molecule has 0 aromatic carbocycles. The van der Waals surface area contributed by atoms with Crippen molar-refractivity contribution in [1.82, 2.24) is 4.98 Å². The maximum Gasteiger partial charge on any atom is 0.381 e. The Hall–Kier alpha value is 0.0300. The van der Waals surface area contributed by atoms with Gasteiger partial charge in [0.15, 0.2) is 0 Å². The van der Waals surface area contributed by atoms with Gasteiger partial charge >= 0.3 is 6.72 Å². The van der Waals surface area contributed by atoms with Crippen molar-refractivity contribution in [1.29, 1.82) is 0 Å². The fraction of sp³-hybridized carbons (Fsp3) is 0.286. The van der Waals surface area contributed by atoms with E-state index in [1.807, 2.05) is 0 Å². The van der Waals surface area contributed by atoms with E-state index in [2.05, 4.69) is 4.98 Å². The van der Waals surface area contributed by atoms with Crippen molar-refractivity contribution in [3.63, 3.8) is 0 Å². The fourth-order valence-corrected chi connectivity index (χ4v) is 2.06. The van der Waals surface area contributed by atoms with E-state index in [-0.39, 0.29) is 15.9 Å². The summed E-state index contributed by atoms with van der Waals surface area (Å²) in [5.74, 6) is -1.12. The van der Waals surface area contributed by atoms with Crippen molar-refractivity contribution in [3.8, 4) is 5.88 Å². The summed E-state index contributed by atoms with van der Waals surface area (Å²) in [6.07, 6.45) is 0. The number of hydrogen-bond donors (Lipinski definition) is 0. The Morgan fingerprint density at radius 1 is 1.31 bits per heavy atom. The Kier molecular flexibility index (Phi) is 4.91. The lowest BCUT2D eigenvalue weighted by molar-refractivity contribution is 0.269. The highest BCUT2D eigenvalue weighted by Crippen LogP contribution is 2.49. The molecule has 0 saturated carbocycles. The van der Waals surface area contributed by atoms with Crippen LogP contribution in [0.15, 0.2) is 6.07 Å². The normalized spacial score (nSPS) is 11.6. The Balaban J connectivity index is 3.06. The molecular weight excluding hydrogens is 299 g/mol. The molecule has 0 saturated heterocycles. The summed E-state index contributed by atoms with van der Waals surface area (Å²) in [4.78, 5) is 3.40. The van der Waals surface area contributed by atoms with E-state index >= 15 is 0 Å². The van der Waals surface area contributed by atoms with Crippen LogP contribution in [0.3, 0.4) is 0 Å². The first kappa shape index (κ1) is 14.1. The summed E-state index contributed by atoms with van der Waals surface area (Å²) in [7, 11) is 2.62. The Bertz CT molecular complexity index is 440. The van der Waals surface area contributed by atoms with Crippen LogP contribution in [0.25, 0.3) is 0 Å². The molecule has 0 atom stereocenters. The molecule has 4 nitrogen and oxygen atoms in total. The number of rotatable bonds is 4. The van der Waals surface area contributed by atoms with Gasteiger partial charge in [-0.15, -0.1) is 0 Å². The minimum absolute atomic E-state index is 0.0229. The number of hydrogen-bond acceptors (Lipinski definition) is 5. The lowest BCUT2D eigenvalue weighted by atomic mass is 10.5. The topological polar surface area (TPSA) is 40.6 Å². The number of nitrogens with zero attached hydrogens (tertiary/aromatic N) is 1. The zero-order valence-corrected chi connectivity index (χ0v) is 11.5. The van der Waals surface area contributed by atoms with Crippen molar-refractivity contribution in [3.05, 3.63) is 22.1 Å². The van der Waals surface area contributed by atoms with Crippen molar-refractivity contribution in [2.24, 2.45) is 0 Å². The van der Waals surface area contributed by atoms with E-state index < -0.39 is 12.7 Å². The molecule has 1 rings (SSSR count). The zero-order chi connectivity index (χ0) is 12.3. The number of aromatic nitrogens is 1. The molecule has 16 heavy (non-hydrogen) atoms. The lowest BCUT2D eigenvalue weighted by Gasteiger charge is -2.17. The van der Waals surface area contributed by atoms with Gasteiger partial charge in [-0.2, -0.15) is 9.37 Å². The second kappa shape index (κ2) is 5.58. The average Bonchev–Trinajstić information content (AvgIpc) is 2.25. The highest BCUT2D eigenvalue weighted by Gasteiger charge is 2.22. The molecular formula is C7H7Cl2FNO3PS. The summed E-state index contributed by atoms with van der Waals surface area (Å²) in [6.45, 7) is -2.99. The third kappa shape index (κ3) is 3.26. The largest absolute Gasteiger partial charge is 0.404 e. The first-order valence-corrected chi connectivity index (χ1v) is 7.15. The molecule has 9 heteroatoms. The molecule has 0 aliphatic carbocycles. The van der Waals surface area contributed by atoms with Crippen LogP contribution in [0.2, 0.25) is 10.0 Å². The van der Waals surface area contributed by atoms with Gasteiger partial charge in [-0.25, -0.2) is 0 Å². The molecule has 1 aromatic heterocycles. The summed E-state index contributed by atoms with van der Waals surface area (Å²) >= 11 is 16.1. The minimum atomic E-state index is -2.99. The highest BCUT2D eigenvalue weighted by atomic mass is 35.5. The van der Waals surface area contributed by atoms with Crippen LogP contribution in [0.4, 0.5) is 4.39 Å². The SMILES string of the molecule is COP(=S)(OC)Oc1nc(F)c(Cl)cc1Cl. The quantitative estimate of drug-likeness (QED) is 0.629. The maximum absolute atomic E-state index is 13.1. The minimum Gasteiger partial charge on any atom is -0.404 e. The highest BCUT2D eigenvalue weighted by molar-refractivity contribution is 8.07. The summed E-state index contributed by atoms with van der Waals surface area (Å²) < 4.78 is 27.9. The molecule has 0 aliphatic heterocycles. The summed E-state index contributed by atoms with van der Waals surface area (Å²) in [5, 5.41) is -0.185. The van der Waals surface area contributed by atoms with E-state index in [0.717, 1.165) is 6.07 Å². The molecule has 0 unspecified atom stereocenters. The van der Waals surface area contributed by atoms with E-state index in [9.17, 15) is 4.39 Å². The van der Waals surface area contributed by atoms with Crippen LogP contribution in [-0.4, -0.2) is 19.2 Å². The molecule has 0 amide bonds. The van der Waals surface area contributed by atoms with Gasteiger partial charge in [0, 0.05) is 26.0 Å².